The normalized spacial score (nSPS) is 27.9. The van der Waals surface area contributed by atoms with E-state index in [1.165, 1.54) is 18.4 Å². The molecule has 1 saturated carbocycles. The average Bonchev–Trinajstić information content (AvgIpc) is 2.45. The second-order valence-corrected chi connectivity index (χ2v) is 7.45. The highest BCUT2D eigenvalue weighted by atomic mass is 16.1. The molecule has 1 heterocycles. The number of amides is 1. The van der Waals surface area contributed by atoms with E-state index in [0.717, 1.165) is 44.8 Å². The van der Waals surface area contributed by atoms with Gasteiger partial charge in [-0.15, -0.1) is 0 Å². The molecular weight excluding hydrogens is 248 g/mol. The van der Waals surface area contributed by atoms with Gasteiger partial charge in [0, 0.05) is 19.0 Å². The molecule has 2 rings (SSSR count). The van der Waals surface area contributed by atoms with E-state index in [1.807, 2.05) is 0 Å². The Labute approximate surface area is 123 Å². The molecule has 0 radical (unpaired) electrons. The molecule has 3 nitrogen and oxygen atoms in total. The quantitative estimate of drug-likeness (QED) is 0.779. The summed E-state index contributed by atoms with van der Waals surface area (Å²) in [7, 11) is 0. The Kier molecular flexibility index (Phi) is 5.25. The first kappa shape index (κ1) is 15.6. The first-order chi connectivity index (χ1) is 9.47. The van der Waals surface area contributed by atoms with Gasteiger partial charge in [-0.3, -0.25) is 4.79 Å². The van der Waals surface area contributed by atoms with Crippen LogP contribution in [0.4, 0.5) is 0 Å². The minimum absolute atomic E-state index is 0.246. The van der Waals surface area contributed by atoms with Crippen molar-refractivity contribution < 1.29 is 4.79 Å². The van der Waals surface area contributed by atoms with E-state index >= 15 is 0 Å². The summed E-state index contributed by atoms with van der Waals surface area (Å²) in [4.78, 5) is 12.2. The van der Waals surface area contributed by atoms with Crippen molar-refractivity contribution in [3.8, 4) is 0 Å². The average molecular weight is 278 g/mol. The summed E-state index contributed by atoms with van der Waals surface area (Å²) in [6.45, 7) is 9.70. The van der Waals surface area contributed by atoms with E-state index in [9.17, 15) is 4.79 Å². The fourth-order valence-electron chi connectivity index (χ4n) is 3.40. The van der Waals surface area contributed by atoms with Gasteiger partial charge in [-0.05, 0) is 50.0 Å². The van der Waals surface area contributed by atoms with Crippen LogP contribution < -0.4 is 10.6 Å². The van der Waals surface area contributed by atoms with Gasteiger partial charge in [-0.1, -0.05) is 32.4 Å². The van der Waals surface area contributed by atoms with Crippen molar-refractivity contribution in [2.24, 2.45) is 17.3 Å². The highest BCUT2D eigenvalue weighted by Gasteiger charge is 2.32. The van der Waals surface area contributed by atoms with Crippen LogP contribution in [0, 0.1) is 17.3 Å². The van der Waals surface area contributed by atoms with E-state index in [0.29, 0.717) is 5.41 Å². The number of hydrogen-bond acceptors (Lipinski definition) is 2. The molecule has 20 heavy (non-hydrogen) atoms. The predicted molar refractivity (Wildman–Crippen MR) is 83.5 cm³/mol. The summed E-state index contributed by atoms with van der Waals surface area (Å²) in [6, 6.07) is 0. The Balaban J connectivity index is 1.73. The predicted octanol–water partition coefficient (Wildman–Crippen LogP) is 2.87. The maximum Gasteiger partial charge on any atom is 0.223 e. The number of nitrogens with one attached hydrogen (secondary N) is 2. The van der Waals surface area contributed by atoms with E-state index in [-0.39, 0.29) is 11.8 Å². The van der Waals surface area contributed by atoms with Crippen molar-refractivity contribution in [3.63, 3.8) is 0 Å². The summed E-state index contributed by atoms with van der Waals surface area (Å²) < 4.78 is 0. The molecule has 2 N–H and O–H groups in total. The van der Waals surface area contributed by atoms with Gasteiger partial charge in [-0.25, -0.2) is 0 Å². The number of carbonyl (C=O) groups is 1. The van der Waals surface area contributed by atoms with Gasteiger partial charge in [-0.2, -0.15) is 0 Å². The Bertz CT molecular complexity index is 360. The van der Waals surface area contributed by atoms with Gasteiger partial charge in [0.2, 0.25) is 5.91 Å². The highest BCUT2D eigenvalue weighted by molar-refractivity contribution is 5.78. The standard InChI is InChI=1S/C17H30N2O/c1-17(2,3)15-6-4-14(5-7-15)16(20)19-12-13-8-10-18-11-9-13/h8,14-15,18H,4-7,9-12H2,1-3H3,(H,19,20). The molecule has 0 bridgehead atoms. The number of hydrogen-bond donors (Lipinski definition) is 2. The third-order valence-electron chi connectivity index (χ3n) is 4.97. The molecule has 2 aliphatic rings. The van der Waals surface area contributed by atoms with E-state index in [2.05, 4.69) is 37.5 Å². The van der Waals surface area contributed by atoms with Crippen molar-refractivity contribution in [1.29, 1.82) is 0 Å². The van der Waals surface area contributed by atoms with Gasteiger partial charge in [0.15, 0.2) is 0 Å². The van der Waals surface area contributed by atoms with Crippen molar-refractivity contribution >= 4 is 5.91 Å². The SMILES string of the molecule is CC(C)(C)C1CCC(C(=O)NCC2=CCNCC2)CC1. The van der Waals surface area contributed by atoms with Crippen LogP contribution in [0.15, 0.2) is 11.6 Å². The molecule has 1 aliphatic heterocycles. The van der Waals surface area contributed by atoms with Gasteiger partial charge in [0.05, 0.1) is 0 Å². The molecule has 0 atom stereocenters. The minimum Gasteiger partial charge on any atom is -0.352 e. The second kappa shape index (κ2) is 6.75. The topological polar surface area (TPSA) is 41.1 Å². The lowest BCUT2D eigenvalue weighted by Gasteiger charge is -2.36. The van der Waals surface area contributed by atoms with Crippen LogP contribution >= 0.6 is 0 Å². The van der Waals surface area contributed by atoms with Crippen molar-refractivity contribution in [1.82, 2.24) is 10.6 Å². The molecular formula is C17H30N2O. The molecule has 0 aromatic heterocycles. The fourth-order valence-corrected chi connectivity index (χ4v) is 3.40. The van der Waals surface area contributed by atoms with Crippen molar-refractivity contribution in [2.45, 2.75) is 52.9 Å². The largest absolute Gasteiger partial charge is 0.352 e. The molecule has 0 unspecified atom stereocenters. The summed E-state index contributed by atoms with van der Waals surface area (Å²) >= 11 is 0. The molecule has 0 spiro atoms. The molecule has 114 valence electrons. The zero-order chi connectivity index (χ0) is 14.6. The molecule has 3 heteroatoms. The van der Waals surface area contributed by atoms with Crippen molar-refractivity contribution in [2.75, 3.05) is 19.6 Å². The van der Waals surface area contributed by atoms with E-state index in [4.69, 9.17) is 0 Å². The van der Waals surface area contributed by atoms with Crippen LogP contribution in [0.25, 0.3) is 0 Å². The zero-order valence-electron chi connectivity index (χ0n) is 13.3. The Morgan fingerprint density at radius 3 is 2.55 bits per heavy atom. The third-order valence-corrected chi connectivity index (χ3v) is 4.97. The molecule has 0 aromatic carbocycles. The smallest absolute Gasteiger partial charge is 0.223 e. The van der Waals surface area contributed by atoms with Crippen LogP contribution in [-0.2, 0) is 4.79 Å². The lowest BCUT2D eigenvalue weighted by Crippen LogP contribution is -2.37. The molecule has 1 aliphatic carbocycles. The monoisotopic (exact) mass is 278 g/mol. The number of carbonyl (C=O) groups excluding carboxylic acids is 1. The lowest BCUT2D eigenvalue weighted by atomic mass is 9.69. The first-order valence-corrected chi connectivity index (χ1v) is 8.13. The van der Waals surface area contributed by atoms with Crippen LogP contribution in [0.3, 0.4) is 0 Å². The number of rotatable bonds is 3. The maximum atomic E-state index is 12.2. The third kappa shape index (κ3) is 4.34. The highest BCUT2D eigenvalue weighted by Crippen LogP contribution is 2.39. The summed E-state index contributed by atoms with van der Waals surface area (Å²) in [5.74, 6) is 1.30. The van der Waals surface area contributed by atoms with Gasteiger partial charge in [0.25, 0.3) is 0 Å². The lowest BCUT2D eigenvalue weighted by molar-refractivity contribution is -0.126. The molecule has 1 amide bonds. The van der Waals surface area contributed by atoms with Gasteiger partial charge < -0.3 is 10.6 Å². The van der Waals surface area contributed by atoms with E-state index in [1.54, 1.807) is 0 Å². The van der Waals surface area contributed by atoms with Crippen LogP contribution in [0.5, 0.6) is 0 Å². The molecule has 0 aromatic rings. The summed E-state index contributed by atoms with van der Waals surface area (Å²) in [5.41, 5.74) is 1.77. The van der Waals surface area contributed by atoms with Crippen LogP contribution in [0.1, 0.15) is 52.9 Å². The zero-order valence-corrected chi connectivity index (χ0v) is 13.3. The Morgan fingerprint density at radius 1 is 1.30 bits per heavy atom. The minimum atomic E-state index is 0.246. The fraction of sp³-hybridized carbons (Fsp3) is 0.824. The Morgan fingerprint density at radius 2 is 2.00 bits per heavy atom. The summed E-state index contributed by atoms with van der Waals surface area (Å²) in [6.07, 6.45) is 7.81. The van der Waals surface area contributed by atoms with Crippen LogP contribution in [0.2, 0.25) is 0 Å². The van der Waals surface area contributed by atoms with Gasteiger partial charge in [0.1, 0.15) is 0 Å². The van der Waals surface area contributed by atoms with Crippen LogP contribution in [-0.4, -0.2) is 25.5 Å². The first-order valence-electron chi connectivity index (χ1n) is 8.13. The Hall–Kier alpha value is -0.830. The molecule has 1 fully saturated rings. The van der Waals surface area contributed by atoms with E-state index < -0.39 is 0 Å². The van der Waals surface area contributed by atoms with Gasteiger partial charge >= 0.3 is 0 Å². The summed E-state index contributed by atoms with van der Waals surface area (Å²) in [5, 5.41) is 6.44. The molecule has 0 saturated heterocycles. The van der Waals surface area contributed by atoms with Crippen molar-refractivity contribution in [3.05, 3.63) is 11.6 Å². The second-order valence-electron chi connectivity index (χ2n) is 7.45. The maximum absolute atomic E-state index is 12.2.